The molecule has 4 heteroatoms. The second-order valence-electron chi connectivity index (χ2n) is 6.88. The number of hydrogen-bond donors (Lipinski definition) is 1. The second kappa shape index (κ2) is 8.54. The van der Waals surface area contributed by atoms with Gasteiger partial charge >= 0.3 is 0 Å². The van der Waals surface area contributed by atoms with E-state index in [2.05, 4.69) is 35.3 Å². The third kappa shape index (κ3) is 5.42. The molecule has 1 unspecified atom stereocenters. The Morgan fingerprint density at radius 2 is 1.95 bits per heavy atom. The monoisotopic (exact) mass is 342 g/mol. The Kier molecular flexibility index (Phi) is 7.01. The van der Waals surface area contributed by atoms with Gasteiger partial charge in [0.1, 0.15) is 0 Å². The molecule has 1 aromatic rings. The highest BCUT2D eigenvalue weighted by atomic mass is 35.5. The number of likely N-dealkylation sites (tertiary alicyclic amines) is 1. The van der Waals surface area contributed by atoms with E-state index in [0.717, 1.165) is 23.5 Å². The van der Waals surface area contributed by atoms with Gasteiger partial charge in [0, 0.05) is 17.6 Å². The van der Waals surface area contributed by atoms with Gasteiger partial charge in [0.25, 0.3) is 0 Å². The molecule has 1 saturated heterocycles. The molecule has 1 saturated carbocycles. The fourth-order valence-corrected chi connectivity index (χ4v) is 3.48. The normalized spacial score (nSPS) is 21.4. The summed E-state index contributed by atoms with van der Waals surface area (Å²) in [5.74, 6) is 1.55. The highest BCUT2D eigenvalue weighted by molar-refractivity contribution is 6.30. The van der Waals surface area contributed by atoms with E-state index in [4.69, 9.17) is 11.6 Å². The van der Waals surface area contributed by atoms with Gasteiger partial charge in [-0.05, 0) is 74.8 Å². The molecule has 22 heavy (non-hydrogen) atoms. The third-order valence-electron chi connectivity index (χ3n) is 4.93. The number of hydrogen-bond acceptors (Lipinski definition) is 2. The lowest BCUT2D eigenvalue weighted by Gasteiger charge is -2.34. The number of nitrogens with zero attached hydrogens (tertiary/aromatic N) is 1. The maximum atomic E-state index is 6.09. The summed E-state index contributed by atoms with van der Waals surface area (Å²) in [5.41, 5.74) is 1.36. The summed E-state index contributed by atoms with van der Waals surface area (Å²) >= 11 is 6.09. The molecule has 1 atom stereocenters. The zero-order valence-electron chi connectivity index (χ0n) is 13.4. The van der Waals surface area contributed by atoms with Crippen LogP contribution in [0.25, 0.3) is 0 Å². The molecule has 2 aliphatic rings. The van der Waals surface area contributed by atoms with Crippen LogP contribution in [0.5, 0.6) is 0 Å². The molecular weight excluding hydrogens is 315 g/mol. The van der Waals surface area contributed by atoms with Crippen molar-refractivity contribution in [3.05, 3.63) is 34.9 Å². The van der Waals surface area contributed by atoms with Gasteiger partial charge in [-0.25, -0.2) is 0 Å². The minimum atomic E-state index is 0. The van der Waals surface area contributed by atoms with E-state index < -0.39 is 0 Å². The first kappa shape index (κ1) is 18.1. The predicted octanol–water partition coefficient (Wildman–Crippen LogP) is 4.33. The lowest BCUT2D eigenvalue weighted by molar-refractivity contribution is 0.189. The topological polar surface area (TPSA) is 15.3 Å². The van der Waals surface area contributed by atoms with Crippen molar-refractivity contribution in [1.29, 1.82) is 0 Å². The lowest BCUT2D eigenvalue weighted by Crippen LogP contribution is -2.44. The van der Waals surface area contributed by atoms with Crippen LogP contribution in [0.3, 0.4) is 0 Å². The quantitative estimate of drug-likeness (QED) is 0.827. The lowest BCUT2D eigenvalue weighted by atomic mass is 9.98. The Hall–Kier alpha value is -0.280. The number of benzene rings is 1. The van der Waals surface area contributed by atoms with E-state index in [-0.39, 0.29) is 12.4 Å². The zero-order valence-corrected chi connectivity index (χ0v) is 15.0. The Labute approximate surface area is 146 Å². The Morgan fingerprint density at radius 3 is 2.59 bits per heavy atom. The number of rotatable bonds is 6. The third-order valence-corrected chi connectivity index (χ3v) is 5.16. The molecule has 1 aliphatic carbocycles. The van der Waals surface area contributed by atoms with Crippen LogP contribution in [-0.2, 0) is 0 Å². The van der Waals surface area contributed by atoms with Crippen LogP contribution in [0.15, 0.2) is 24.3 Å². The van der Waals surface area contributed by atoms with E-state index in [9.17, 15) is 0 Å². The molecule has 1 aliphatic heterocycles. The first-order valence-corrected chi connectivity index (χ1v) is 8.79. The highest BCUT2D eigenvalue weighted by Crippen LogP contribution is 2.28. The maximum absolute atomic E-state index is 6.09. The maximum Gasteiger partial charge on any atom is 0.0408 e. The number of piperidine rings is 1. The fourth-order valence-electron chi connectivity index (χ4n) is 3.28. The van der Waals surface area contributed by atoms with Crippen molar-refractivity contribution >= 4 is 24.0 Å². The average molecular weight is 343 g/mol. The molecule has 124 valence electrons. The molecule has 1 N–H and O–H groups in total. The van der Waals surface area contributed by atoms with Gasteiger partial charge in [-0.1, -0.05) is 30.7 Å². The number of halogens is 2. The highest BCUT2D eigenvalue weighted by Gasteiger charge is 2.24. The molecule has 0 spiro atoms. The van der Waals surface area contributed by atoms with Gasteiger partial charge in [-0.3, -0.25) is 0 Å². The van der Waals surface area contributed by atoms with Crippen molar-refractivity contribution in [2.45, 2.75) is 44.6 Å². The summed E-state index contributed by atoms with van der Waals surface area (Å²) < 4.78 is 0. The summed E-state index contributed by atoms with van der Waals surface area (Å²) in [6.07, 6.45) is 5.50. The van der Waals surface area contributed by atoms with Gasteiger partial charge in [0.05, 0.1) is 0 Å². The molecule has 1 heterocycles. The van der Waals surface area contributed by atoms with E-state index in [1.54, 1.807) is 0 Å². The van der Waals surface area contributed by atoms with Crippen LogP contribution in [0.2, 0.25) is 5.02 Å². The standard InChI is InChI=1S/C18H27ClN2.ClH/c1-14(16-3-2-4-17(19)11-16)13-21-9-7-18(8-10-21)20-12-15-5-6-15;/h2-4,11,14-15,18,20H,5-10,12-13H2,1H3;1H. The molecule has 0 aromatic heterocycles. The van der Waals surface area contributed by atoms with Gasteiger partial charge < -0.3 is 10.2 Å². The van der Waals surface area contributed by atoms with Crippen LogP contribution in [-0.4, -0.2) is 37.1 Å². The zero-order chi connectivity index (χ0) is 14.7. The molecule has 2 fully saturated rings. The van der Waals surface area contributed by atoms with Crippen molar-refractivity contribution in [2.24, 2.45) is 5.92 Å². The van der Waals surface area contributed by atoms with Gasteiger partial charge in [-0.2, -0.15) is 0 Å². The van der Waals surface area contributed by atoms with Crippen LogP contribution in [0.4, 0.5) is 0 Å². The first-order chi connectivity index (χ1) is 10.2. The van der Waals surface area contributed by atoms with Crippen molar-refractivity contribution < 1.29 is 0 Å². The summed E-state index contributed by atoms with van der Waals surface area (Å²) in [6.45, 7) is 7.17. The smallest absolute Gasteiger partial charge is 0.0408 e. The second-order valence-corrected chi connectivity index (χ2v) is 7.32. The van der Waals surface area contributed by atoms with Gasteiger partial charge in [-0.15, -0.1) is 12.4 Å². The van der Waals surface area contributed by atoms with Crippen LogP contribution in [0.1, 0.15) is 44.1 Å². The molecule has 3 rings (SSSR count). The Balaban J connectivity index is 0.00000176. The molecular formula is C18H28Cl2N2. The predicted molar refractivity (Wildman–Crippen MR) is 97.3 cm³/mol. The summed E-state index contributed by atoms with van der Waals surface area (Å²) in [4.78, 5) is 2.61. The van der Waals surface area contributed by atoms with Gasteiger partial charge in [0.2, 0.25) is 0 Å². The Bertz CT molecular complexity index is 454. The molecule has 0 bridgehead atoms. The molecule has 1 aromatic carbocycles. The Morgan fingerprint density at radius 1 is 1.23 bits per heavy atom. The van der Waals surface area contributed by atoms with E-state index in [1.807, 2.05) is 6.07 Å². The van der Waals surface area contributed by atoms with Crippen molar-refractivity contribution in [3.63, 3.8) is 0 Å². The van der Waals surface area contributed by atoms with E-state index >= 15 is 0 Å². The SMILES string of the molecule is CC(CN1CCC(NCC2CC2)CC1)c1cccc(Cl)c1.Cl. The van der Waals surface area contributed by atoms with Crippen LogP contribution >= 0.6 is 24.0 Å². The van der Waals surface area contributed by atoms with Crippen LogP contribution in [0, 0.1) is 5.92 Å². The van der Waals surface area contributed by atoms with Crippen molar-refractivity contribution in [2.75, 3.05) is 26.2 Å². The first-order valence-electron chi connectivity index (χ1n) is 8.42. The van der Waals surface area contributed by atoms with Crippen LogP contribution < -0.4 is 5.32 Å². The van der Waals surface area contributed by atoms with E-state index in [0.29, 0.717) is 5.92 Å². The fraction of sp³-hybridized carbons (Fsp3) is 0.667. The van der Waals surface area contributed by atoms with Crippen molar-refractivity contribution in [1.82, 2.24) is 10.2 Å². The largest absolute Gasteiger partial charge is 0.314 e. The van der Waals surface area contributed by atoms with E-state index in [1.165, 1.54) is 50.9 Å². The summed E-state index contributed by atoms with van der Waals surface area (Å²) in [6, 6.07) is 9.07. The summed E-state index contributed by atoms with van der Waals surface area (Å²) in [7, 11) is 0. The van der Waals surface area contributed by atoms with Gasteiger partial charge in [0.15, 0.2) is 0 Å². The molecule has 0 radical (unpaired) electrons. The molecule has 2 nitrogen and oxygen atoms in total. The minimum Gasteiger partial charge on any atom is -0.314 e. The molecule has 0 amide bonds. The average Bonchev–Trinajstić information content (AvgIpc) is 3.31. The number of nitrogens with one attached hydrogen (secondary N) is 1. The summed E-state index contributed by atoms with van der Waals surface area (Å²) in [5, 5.41) is 4.60. The minimum absolute atomic E-state index is 0. The van der Waals surface area contributed by atoms with Crippen molar-refractivity contribution in [3.8, 4) is 0 Å².